The summed E-state index contributed by atoms with van der Waals surface area (Å²) in [5.41, 5.74) is 0. The number of likely N-dealkylation sites (tertiary alicyclic amines) is 1. The van der Waals surface area contributed by atoms with Crippen molar-refractivity contribution < 1.29 is 9.90 Å². The minimum atomic E-state index is -0.645. The third kappa shape index (κ3) is 2.94. The van der Waals surface area contributed by atoms with Gasteiger partial charge in [0.15, 0.2) is 0 Å². The van der Waals surface area contributed by atoms with Crippen molar-refractivity contribution in [3.8, 4) is 0 Å². The molecule has 3 unspecified atom stereocenters. The topological polar surface area (TPSA) is 40.5 Å². The molecule has 1 rings (SSSR count). The quantitative estimate of drug-likeness (QED) is 0.779. The molecular formula is C12H23NO2. The molecule has 0 radical (unpaired) electrons. The van der Waals surface area contributed by atoms with Gasteiger partial charge in [0.05, 0.1) is 0 Å². The van der Waals surface area contributed by atoms with E-state index in [2.05, 4.69) is 25.7 Å². The van der Waals surface area contributed by atoms with Gasteiger partial charge in [0.1, 0.15) is 6.04 Å². The zero-order chi connectivity index (χ0) is 11.4. The largest absolute Gasteiger partial charge is 0.480 e. The van der Waals surface area contributed by atoms with Crippen LogP contribution in [0.25, 0.3) is 0 Å². The molecule has 0 aromatic rings. The van der Waals surface area contributed by atoms with E-state index in [1.54, 1.807) is 0 Å². The van der Waals surface area contributed by atoms with E-state index in [1.165, 1.54) is 0 Å². The Morgan fingerprint density at radius 1 is 1.53 bits per heavy atom. The van der Waals surface area contributed by atoms with E-state index in [4.69, 9.17) is 0 Å². The molecule has 1 aliphatic heterocycles. The fraction of sp³-hybridized carbons (Fsp3) is 0.917. The predicted molar refractivity (Wildman–Crippen MR) is 60.9 cm³/mol. The van der Waals surface area contributed by atoms with E-state index in [9.17, 15) is 9.90 Å². The first kappa shape index (κ1) is 12.5. The second-order valence-corrected chi connectivity index (χ2v) is 4.65. The minimum absolute atomic E-state index is 0.251. The number of piperidine rings is 1. The van der Waals surface area contributed by atoms with Crippen molar-refractivity contribution in [3.05, 3.63) is 0 Å². The van der Waals surface area contributed by atoms with Crippen LogP contribution in [-0.4, -0.2) is 34.6 Å². The number of carboxylic acids is 1. The maximum Gasteiger partial charge on any atom is 0.320 e. The highest BCUT2D eigenvalue weighted by molar-refractivity contribution is 5.73. The summed E-state index contributed by atoms with van der Waals surface area (Å²) < 4.78 is 0. The van der Waals surface area contributed by atoms with Gasteiger partial charge in [-0.25, -0.2) is 0 Å². The van der Waals surface area contributed by atoms with Gasteiger partial charge in [-0.05, 0) is 38.6 Å². The van der Waals surface area contributed by atoms with E-state index in [-0.39, 0.29) is 6.04 Å². The van der Waals surface area contributed by atoms with Crippen LogP contribution in [0.3, 0.4) is 0 Å². The average molecular weight is 213 g/mol. The van der Waals surface area contributed by atoms with Crippen molar-refractivity contribution in [1.82, 2.24) is 4.90 Å². The highest BCUT2D eigenvalue weighted by Crippen LogP contribution is 2.27. The lowest BCUT2D eigenvalue weighted by atomic mass is 9.88. The van der Waals surface area contributed by atoms with Crippen molar-refractivity contribution in [2.75, 3.05) is 6.54 Å². The zero-order valence-electron chi connectivity index (χ0n) is 10.1. The number of carboxylic acid groups (broad SMARTS) is 1. The highest BCUT2D eigenvalue weighted by Gasteiger charge is 2.34. The molecule has 1 heterocycles. The summed E-state index contributed by atoms with van der Waals surface area (Å²) in [5.74, 6) is -0.0418. The summed E-state index contributed by atoms with van der Waals surface area (Å²) >= 11 is 0. The Labute approximate surface area is 92.5 Å². The van der Waals surface area contributed by atoms with Gasteiger partial charge in [-0.3, -0.25) is 9.69 Å². The summed E-state index contributed by atoms with van der Waals surface area (Å²) in [6.07, 6.45) is 4.12. The second kappa shape index (κ2) is 5.50. The Bertz CT molecular complexity index is 218. The Balaban J connectivity index is 2.67. The molecule has 88 valence electrons. The Morgan fingerprint density at radius 3 is 2.67 bits per heavy atom. The molecule has 3 heteroatoms. The highest BCUT2D eigenvalue weighted by atomic mass is 16.4. The number of hydrogen-bond donors (Lipinski definition) is 1. The Kier molecular flexibility index (Phi) is 4.58. The maximum absolute atomic E-state index is 11.2. The molecule has 0 amide bonds. The minimum Gasteiger partial charge on any atom is -0.480 e. The summed E-state index contributed by atoms with van der Waals surface area (Å²) in [7, 11) is 0. The lowest BCUT2D eigenvalue weighted by molar-refractivity contribution is -0.146. The molecular weight excluding hydrogens is 190 g/mol. The summed E-state index contributed by atoms with van der Waals surface area (Å²) in [6, 6.07) is 0.141. The first-order valence-corrected chi connectivity index (χ1v) is 6.08. The van der Waals surface area contributed by atoms with Crippen molar-refractivity contribution in [1.29, 1.82) is 0 Å². The number of nitrogens with zero attached hydrogens (tertiary/aromatic N) is 1. The van der Waals surface area contributed by atoms with E-state index >= 15 is 0 Å². The lowest BCUT2D eigenvalue weighted by Crippen LogP contribution is -2.50. The SMILES string of the molecule is CCC1CCN(C(C)CC)C(C(=O)O)C1. The second-order valence-electron chi connectivity index (χ2n) is 4.65. The van der Waals surface area contributed by atoms with Gasteiger partial charge >= 0.3 is 5.97 Å². The first-order chi connectivity index (χ1) is 7.10. The predicted octanol–water partition coefficient (Wildman–Crippen LogP) is 2.36. The first-order valence-electron chi connectivity index (χ1n) is 6.08. The molecule has 0 saturated carbocycles. The number of hydrogen-bond acceptors (Lipinski definition) is 2. The van der Waals surface area contributed by atoms with Gasteiger partial charge in [-0.15, -0.1) is 0 Å². The summed E-state index contributed by atoms with van der Waals surface area (Å²) in [4.78, 5) is 13.4. The number of aliphatic carboxylic acids is 1. The molecule has 0 aromatic carbocycles. The molecule has 1 saturated heterocycles. The van der Waals surface area contributed by atoms with Crippen molar-refractivity contribution in [2.24, 2.45) is 5.92 Å². The van der Waals surface area contributed by atoms with E-state index < -0.39 is 5.97 Å². The van der Waals surface area contributed by atoms with Gasteiger partial charge in [-0.2, -0.15) is 0 Å². The molecule has 1 N–H and O–H groups in total. The van der Waals surface area contributed by atoms with E-state index in [0.717, 1.165) is 32.2 Å². The molecule has 0 aromatic heterocycles. The smallest absolute Gasteiger partial charge is 0.320 e. The van der Waals surface area contributed by atoms with Crippen molar-refractivity contribution in [2.45, 2.75) is 58.5 Å². The average Bonchev–Trinajstić information content (AvgIpc) is 2.27. The van der Waals surface area contributed by atoms with Crippen LogP contribution < -0.4 is 0 Å². The van der Waals surface area contributed by atoms with Gasteiger partial charge < -0.3 is 5.11 Å². The van der Waals surface area contributed by atoms with Crippen molar-refractivity contribution in [3.63, 3.8) is 0 Å². The monoisotopic (exact) mass is 213 g/mol. The molecule has 1 aliphatic rings. The lowest BCUT2D eigenvalue weighted by Gasteiger charge is -2.40. The molecule has 1 fully saturated rings. The molecule has 0 bridgehead atoms. The zero-order valence-corrected chi connectivity index (χ0v) is 10.1. The Hall–Kier alpha value is -0.570. The van der Waals surface area contributed by atoms with Crippen LogP contribution in [0.1, 0.15) is 46.5 Å². The van der Waals surface area contributed by atoms with E-state index in [0.29, 0.717) is 12.0 Å². The van der Waals surface area contributed by atoms with Gasteiger partial charge in [0.25, 0.3) is 0 Å². The van der Waals surface area contributed by atoms with Crippen LogP contribution in [0.5, 0.6) is 0 Å². The van der Waals surface area contributed by atoms with Gasteiger partial charge in [0, 0.05) is 6.04 Å². The van der Waals surface area contributed by atoms with Gasteiger partial charge in [0.2, 0.25) is 0 Å². The van der Waals surface area contributed by atoms with Crippen LogP contribution in [0.4, 0.5) is 0 Å². The van der Waals surface area contributed by atoms with Crippen LogP contribution in [-0.2, 0) is 4.79 Å². The van der Waals surface area contributed by atoms with Crippen LogP contribution in [0.15, 0.2) is 0 Å². The van der Waals surface area contributed by atoms with Crippen LogP contribution in [0.2, 0.25) is 0 Å². The van der Waals surface area contributed by atoms with E-state index in [1.807, 2.05) is 0 Å². The third-order valence-corrected chi connectivity index (χ3v) is 3.77. The number of carbonyl (C=O) groups is 1. The molecule has 3 nitrogen and oxygen atoms in total. The van der Waals surface area contributed by atoms with Crippen LogP contribution >= 0.6 is 0 Å². The molecule has 3 atom stereocenters. The maximum atomic E-state index is 11.2. The summed E-state index contributed by atoms with van der Waals surface area (Å²) in [6.45, 7) is 7.35. The van der Waals surface area contributed by atoms with Gasteiger partial charge in [-0.1, -0.05) is 20.3 Å². The fourth-order valence-corrected chi connectivity index (χ4v) is 2.43. The molecule has 0 aliphatic carbocycles. The normalized spacial score (nSPS) is 30.1. The molecule has 15 heavy (non-hydrogen) atoms. The van der Waals surface area contributed by atoms with Crippen LogP contribution in [0, 0.1) is 5.92 Å². The standard InChI is InChI=1S/C12H23NO2/c1-4-9(3)13-7-6-10(5-2)8-11(13)12(14)15/h9-11H,4-8H2,1-3H3,(H,14,15). The number of rotatable bonds is 4. The molecule has 0 spiro atoms. The van der Waals surface area contributed by atoms with Crippen molar-refractivity contribution >= 4 is 5.97 Å². The third-order valence-electron chi connectivity index (χ3n) is 3.77. The fourth-order valence-electron chi connectivity index (χ4n) is 2.43. The summed E-state index contributed by atoms with van der Waals surface area (Å²) in [5, 5.41) is 9.22. The Morgan fingerprint density at radius 2 is 2.20 bits per heavy atom.